The van der Waals surface area contributed by atoms with Gasteiger partial charge in [-0.2, -0.15) is 0 Å². The van der Waals surface area contributed by atoms with Gasteiger partial charge in [0.05, 0.1) is 0 Å². The van der Waals surface area contributed by atoms with Crippen LogP contribution in [-0.2, 0) is 0 Å². The number of aryl methyl sites for hydroxylation is 1. The summed E-state index contributed by atoms with van der Waals surface area (Å²) in [5.41, 5.74) is 1.75. The van der Waals surface area contributed by atoms with Crippen molar-refractivity contribution in [3.63, 3.8) is 0 Å². The van der Waals surface area contributed by atoms with Crippen molar-refractivity contribution in [2.24, 2.45) is 0 Å². The number of carbonyl (C=O) groups is 1. The van der Waals surface area contributed by atoms with Gasteiger partial charge in [0.2, 0.25) is 0 Å². The summed E-state index contributed by atoms with van der Waals surface area (Å²) in [6.45, 7) is 4.24. The summed E-state index contributed by atoms with van der Waals surface area (Å²) >= 11 is 1.73. The van der Waals surface area contributed by atoms with Crippen LogP contribution in [0.3, 0.4) is 0 Å². The summed E-state index contributed by atoms with van der Waals surface area (Å²) in [5.74, 6) is 0. The van der Waals surface area contributed by atoms with Gasteiger partial charge in [-0.1, -0.05) is 13.0 Å². The SMILES string of the molecule is Cc1cc(SC(C)CCO)ccc1C=O. The van der Waals surface area contributed by atoms with Crippen LogP contribution in [0, 0.1) is 6.92 Å². The minimum atomic E-state index is 0.222. The first kappa shape index (κ1) is 12.3. The lowest BCUT2D eigenvalue weighted by atomic mass is 10.1. The topological polar surface area (TPSA) is 37.3 Å². The predicted octanol–water partition coefficient (Wildman–Crippen LogP) is 2.67. The van der Waals surface area contributed by atoms with E-state index in [1.54, 1.807) is 11.8 Å². The molecule has 0 saturated carbocycles. The molecule has 1 aromatic carbocycles. The average Bonchev–Trinajstić information content (AvgIpc) is 2.18. The lowest BCUT2D eigenvalue weighted by Gasteiger charge is -2.10. The second kappa shape index (κ2) is 5.93. The number of benzene rings is 1. The first-order chi connectivity index (χ1) is 7.17. The molecular weight excluding hydrogens is 208 g/mol. The molecule has 2 nitrogen and oxygen atoms in total. The highest BCUT2D eigenvalue weighted by molar-refractivity contribution is 7.99. The van der Waals surface area contributed by atoms with E-state index in [9.17, 15) is 4.79 Å². The quantitative estimate of drug-likeness (QED) is 0.617. The molecule has 15 heavy (non-hydrogen) atoms. The second-order valence-electron chi connectivity index (χ2n) is 3.58. The van der Waals surface area contributed by atoms with Gasteiger partial charge in [-0.05, 0) is 31.0 Å². The molecule has 0 saturated heterocycles. The van der Waals surface area contributed by atoms with Crippen molar-refractivity contribution < 1.29 is 9.90 Å². The Balaban J connectivity index is 2.70. The number of rotatable bonds is 5. The highest BCUT2D eigenvalue weighted by atomic mass is 32.2. The summed E-state index contributed by atoms with van der Waals surface area (Å²) in [4.78, 5) is 11.8. The first-order valence-corrected chi connectivity index (χ1v) is 5.88. The number of aliphatic hydroxyl groups excluding tert-OH is 1. The van der Waals surface area contributed by atoms with Crippen molar-refractivity contribution in [1.82, 2.24) is 0 Å². The van der Waals surface area contributed by atoms with E-state index < -0.39 is 0 Å². The fourth-order valence-electron chi connectivity index (χ4n) is 1.33. The number of hydrogen-bond donors (Lipinski definition) is 1. The molecule has 0 amide bonds. The Morgan fingerprint density at radius 1 is 1.53 bits per heavy atom. The second-order valence-corrected chi connectivity index (χ2v) is 5.09. The smallest absolute Gasteiger partial charge is 0.150 e. The molecule has 82 valence electrons. The van der Waals surface area contributed by atoms with E-state index in [0.717, 1.165) is 28.7 Å². The molecule has 1 atom stereocenters. The molecule has 0 spiro atoms. The first-order valence-electron chi connectivity index (χ1n) is 5.00. The van der Waals surface area contributed by atoms with Crippen molar-refractivity contribution in [3.05, 3.63) is 29.3 Å². The molecule has 1 unspecified atom stereocenters. The van der Waals surface area contributed by atoms with Crippen LogP contribution in [0.4, 0.5) is 0 Å². The van der Waals surface area contributed by atoms with Gasteiger partial charge in [-0.25, -0.2) is 0 Å². The van der Waals surface area contributed by atoms with Crippen LogP contribution in [0.5, 0.6) is 0 Å². The predicted molar refractivity (Wildman–Crippen MR) is 63.6 cm³/mol. The van der Waals surface area contributed by atoms with Crippen LogP contribution in [-0.4, -0.2) is 23.2 Å². The third-order valence-corrected chi connectivity index (χ3v) is 3.41. The van der Waals surface area contributed by atoms with Crippen LogP contribution in [0.25, 0.3) is 0 Å². The molecule has 0 heterocycles. The minimum Gasteiger partial charge on any atom is -0.396 e. The van der Waals surface area contributed by atoms with E-state index in [4.69, 9.17) is 5.11 Å². The largest absolute Gasteiger partial charge is 0.396 e. The third-order valence-electron chi connectivity index (χ3n) is 2.24. The lowest BCUT2D eigenvalue weighted by Crippen LogP contribution is -1.99. The summed E-state index contributed by atoms with van der Waals surface area (Å²) in [6.07, 6.45) is 1.67. The van der Waals surface area contributed by atoms with Crippen LogP contribution in [0.2, 0.25) is 0 Å². The van der Waals surface area contributed by atoms with E-state index in [1.165, 1.54) is 0 Å². The van der Waals surface area contributed by atoms with Gasteiger partial charge in [-0.15, -0.1) is 11.8 Å². The molecule has 0 radical (unpaired) electrons. The summed E-state index contributed by atoms with van der Waals surface area (Å²) in [6, 6.07) is 5.81. The minimum absolute atomic E-state index is 0.222. The average molecular weight is 224 g/mol. The van der Waals surface area contributed by atoms with E-state index in [0.29, 0.717) is 5.25 Å². The van der Waals surface area contributed by atoms with Crippen LogP contribution >= 0.6 is 11.8 Å². The van der Waals surface area contributed by atoms with Crippen molar-refractivity contribution in [2.75, 3.05) is 6.61 Å². The van der Waals surface area contributed by atoms with Gasteiger partial charge in [0.25, 0.3) is 0 Å². The Kier molecular flexibility index (Phi) is 4.85. The van der Waals surface area contributed by atoms with Crippen molar-refractivity contribution in [2.45, 2.75) is 30.4 Å². The Bertz CT molecular complexity index is 336. The summed E-state index contributed by atoms with van der Waals surface area (Å²) in [7, 11) is 0. The molecule has 3 heteroatoms. The standard InChI is InChI=1S/C12H16O2S/c1-9-7-12(4-3-11(9)8-14)15-10(2)5-6-13/h3-4,7-8,10,13H,5-6H2,1-2H3. The summed E-state index contributed by atoms with van der Waals surface area (Å²) < 4.78 is 0. The number of aldehydes is 1. The Morgan fingerprint density at radius 2 is 2.27 bits per heavy atom. The third kappa shape index (κ3) is 3.68. The van der Waals surface area contributed by atoms with Crippen LogP contribution in [0.1, 0.15) is 29.3 Å². The molecule has 0 fully saturated rings. The number of carbonyl (C=O) groups excluding carboxylic acids is 1. The zero-order valence-electron chi connectivity index (χ0n) is 9.06. The molecule has 0 bridgehead atoms. The molecule has 0 aliphatic heterocycles. The molecule has 1 rings (SSSR count). The van der Waals surface area contributed by atoms with Crippen molar-refractivity contribution in [1.29, 1.82) is 0 Å². The molecule has 0 aromatic heterocycles. The van der Waals surface area contributed by atoms with Gasteiger partial charge in [0.1, 0.15) is 6.29 Å². The van der Waals surface area contributed by atoms with Crippen LogP contribution in [0.15, 0.2) is 23.1 Å². The van der Waals surface area contributed by atoms with E-state index in [-0.39, 0.29) is 6.61 Å². The van der Waals surface area contributed by atoms with Crippen molar-refractivity contribution in [3.8, 4) is 0 Å². The maximum absolute atomic E-state index is 10.6. The van der Waals surface area contributed by atoms with Gasteiger partial charge < -0.3 is 5.11 Å². The highest BCUT2D eigenvalue weighted by Crippen LogP contribution is 2.26. The highest BCUT2D eigenvalue weighted by Gasteiger charge is 2.05. The fraction of sp³-hybridized carbons (Fsp3) is 0.417. The zero-order chi connectivity index (χ0) is 11.3. The molecule has 1 aromatic rings. The summed E-state index contributed by atoms with van der Waals surface area (Å²) in [5, 5.41) is 9.19. The van der Waals surface area contributed by atoms with Gasteiger partial charge in [0.15, 0.2) is 0 Å². The Hall–Kier alpha value is -0.800. The number of hydrogen-bond acceptors (Lipinski definition) is 3. The zero-order valence-corrected chi connectivity index (χ0v) is 9.88. The molecule has 1 N–H and O–H groups in total. The van der Waals surface area contributed by atoms with E-state index in [1.807, 2.05) is 25.1 Å². The Morgan fingerprint density at radius 3 is 2.80 bits per heavy atom. The molecular formula is C12H16O2S. The Labute approximate surface area is 94.7 Å². The van der Waals surface area contributed by atoms with Gasteiger partial charge >= 0.3 is 0 Å². The van der Waals surface area contributed by atoms with Gasteiger partial charge in [0, 0.05) is 22.3 Å². The van der Waals surface area contributed by atoms with E-state index >= 15 is 0 Å². The maximum atomic E-state index is 10.6. The van der Waals surface area contributed by atoms with Crippen LogP contribution < -0.4 is 0 Å². The maximum Gasteiger partial charge on any atom is 0.150 e. The molecule has 0 aliphatic carbocycles. The van der Waals surface area contributed by atoms with E-state index in [2.05, 4.69) is 6.92 Å². The molecule has 0 aliphatic rings. The van der Waals surface area contributed by atoms with Crippen molar-refractivity contribution >= 4 is 18.0 Å². The van der Waals surface area contributed by atoms with Gasteiger partial charge in [-0.3, -0.25) is 4.79 Å². The number of aliphatic hydroxyl groups is 1. The fourth-order valence-corrected chi connectivity index (χ4v) is 2.41. The number of thioether (sulfide) groups is 1. The monoisotopic (exact) mass is 224 g/mol. The normalized spacial score (nSPS) is 12.5. The lowest BCUT2D eigenvalue weighted by molar-refractivity contribution is 0.112.